The maximum absolute atomic E-state index is 12.6. The summed E-state index contributed by atoms with van der Waals surface area (Å²) in [7, 11) is 0. The summed E-state index contributed by atoms with van der Waals surface area (Å²) in [6, 6.07) is 1.93. The summed E-state index contributed by atoms with van der Waals surface area (Å²) in [5.74, 6) is 0.172. The third-order valence-electron chi connectivity index (χ3n) is 4.05. The first-order chi connectivity index (χ1) is 8.93. The van der Waals surface area contributed by atoms with Crippen LogP contribution in [-0.2, 0) is 6.54 Å². The fourth-order valence-electron chi connectivity index (χ4n) is 2.70. The lowest BCUT2D eigenvalue weighted by molar-refractivity contribution is 0.0746. The summed E-state index contributed by atoms with van der Waals surface area (Å²) in [5.41, 5.74) is 1.16. The van der Waals surface area contributed by atoms with Crippen LogP contribution in [0.1, 0.15) is 50.5 Å². The van der Waals surface area contributed by atoms with Crippen LogP contribution >= 0.6 is 15.9 Å². The Morgan fingerprint density at radius 2 is 2.11 bits per heavy atom. The standard InChI is InChI=1S/C15H23BrN2O/c1-4-17-11-12(16)10-13(17)14(19)18-8-5-6-15(2,3)7-9-18/h10-11H,4-9H2,1-3H3. The van der Waals surface area contributed by atoms with Gasteiger partial charge in [0, 0.05) is 30.3 Å². The van der Waals surface area contributed by atoms with Crippen molar-refractivity contribution in [3.63, 3.8) is 0 Å². The first-order valence-electron chi connectivity index (χ1n) is 7.08. The highest BCUT2D eigenvalue weighted by Gasteiger charge is 2.27. The Bertz CT molecular complexity index is 465. The van der Waals surface area contributed by atoms with Gasteiger partial charge in [-0.3, -0.25) is 4.79 Å². The molecular formula is C15H23BrN2O. The van der Waals surface area contributed by atoms with Crippen molar-refractivity contribution in [1.82, 2.24) is 9.47 Å². The third kappa shape index (κ3) is 3.41. The molecular weight excluding hydrogens is 304 g/mol. The molecule has 1 aromatic heterocycles. The molecule has 4 heteroatoms. The highest BCUT2D eigenvalue weighted by molar-refractivity contribution is 9.10. The van der Waals surface area contributed by atoms with Gasteiger partial charge in [-0.15, -0.1) is 0 Å². The van der Waals surface area contributed by atoms with Gasteiger partial charge in [0.1, 0.15) is 5.69 Å². The van der Waals surface area contributed by atoms with Crippen molar-refractivity contribution in [3.05, 3.63) is 22.4 Å². The molecule has 1 aromatic rings. The van der Waals surface area contributed by atoms with Crippen molar-refractivity contribution in [2.75, 3.05) is 13.1 Å². The molecule has 0 unspecified atom stereocenters. The molecule has 2 rings (SSSR count). The van der Waals surface area contributed by atoms with Crippen LogP contribution in [-0.4, -0.2) is 28.5 Å². The summed E-state index contributed by atoms with van der Waals surface area (Å²) in [6.07, 6.45) is 5.38. The van der Waals surface area contributed by atoms with E-state index in [2.05, 4.69) is 36.7 Å². The van der Waals surface area contributed by atoms with E-state index in [4.69, 9.17) is 0 Å². The number of hydrogen-bond donors (Lipinski definition) is 0. The topological polar surface area (TPSA) is 25.2 Å². The number of aryl methyl sites for hydroxylation is 1. The van der Waals surface area contributed by atoms with Gasteiger partial charge in [-0.25, -0.2) is 0 Å². The molecule has 0 saturated carbocycles. The van der Waals surface area contributed by atoms with E-state index in [9.17, 15) is 4.79 Å². The van der Waals surface area contributed by atoms with Gasteiger partial charge in [0.05, 0.1) is 0 Å². The second-order valence-corrected chi connectivity index (χ2v) is 7.06. The van der Waals surface area contributed by atoms with Gasteiger partial charge in [0.2, 0.25) is 0 Å². The van der Waals surface area contributed by atoms with Gasteiger partial charge >= 0.3 is 0 Å². The van der Waals surface area contributed by atoms with E-state index in [0.29, 0.717) is 5.41 Å². The van der Waals surface area contributed by atoms with Gasteiger partial charge in [0.25, 0.3) is 5.91 Å². The molecule has 106 valence electrons. The van der Waals surface area contributed by atoms with Crippen molar-refractivity contribution >= 4 is 21.8 Å². The van der Waals surface area contributed by atoms with Crippen molar-refractivity contribution in [1.29, 1.82) is 0 Å². The summed E-state index contributed by atoms with van der Waals surface area (Å²) in [4.78, 5) is 14.7. The molecule has 1 saturated heterocycles. The van der Waals surface area contributed by atoms with Gasteiger partial charge in [-0.05, 0) is 53.6 Å². The smallest absolute Gasteiger partial charge is 0.270 e. The van der Waals surface area contributed by atoms with Crippen LogP contribution in [0.5, 0.6) is 0 Å². The minimum absolute atomic E-state index is 0.172. The Hall–Kier alpha value is -0.770. The van der Waals surface area contributed by atoms with Gasteiger partial charge in [-0.2, -0.15) is 0 Å². The van der Waals surface area contributed by atoms with Crippen LogP contribution in [0.3, 0.4) is 0 Å². The number of nitrogens with zero attached hydrogens (tertiary/aromatic N) is 2. The first-order valence-corrected chi connectivity index (χ1v) is 7.87. The average molecular weight is 327 g/mol. The van der Waals surface area contributed by atoms with Gasteiger partial charge in [0.15, 0.2) is 0 Å². The zero-order chi connectivity index (χ0) is 14.0. The minimum atomic E-state index is 0.172. The number of carbonyl (C=O) groups excluding carboxylic acids is 1. The number of likely N-dealkylation sites (tertiary alicyclic amines) is 1. The molecule has 1 aliphatic rings. The highest BCUT2D eigenvalue weighted by Crippen LogP contribution is 2.30. The second kappa shape index (κ2) is 5.70. The Morgan fingerprint density at radius 3 is 2.79 bits per heavy atom. The molecule has 3 nitrogen and oxygen atoms in total. The second-order valence-electron chi connectivity index (χ2n) is 6.14. The lowest BCUT2D eigenvalue weighted by Crippen LogP contribution is -2.33. The predicted molar refractivity (Wildman–Crippen MR) is 81.3 cm³/mol. The Morgan fingerprint density at radius 1 is 1.37 bits per heavy atom. The van der Waals surface area contributed by atoms with Crippen molar-refractivity contribution in [2.45, 2.75) is 46.6 Å². The molecule has 0 aromatic carbocycles. The first kappa shape index (κ1) is 14.6. The van der Waals surface area contributed by atoms with E-state index in [-0.39, 0.29) is 5.91 Å². The van der Waals surface area contributed by atoms with Crippen LogP contribution in [0.15, 0.2) is 16.7 Å². The molecule has 19 heavy (non-hydrogen) atoms. The zero-order valence-corrected chi connectivity index (χ0v) is 13.7. The highest BCUT2D eigenvalue weighted by atomic mass is 79.9. The van der Waals surface area contributed by atoms with E-state index in [1.807, 2.05) is 21.7 Å². The molecule has 0 radical (unpaired) electrons. The van der Waals surface area contributed by atoms with Crippen LogP contribution in [0.4, 0.5) is 0 Å². The van der Waals surface area contributed by atoms with Crippen LogP contribution < -0.4 is 0 Å². The van der Waals surface area contributed by atoms with E-state index in [1.54, 1.807) is 0 Å². The van der Waals surface area contributed by atoms with Crippen molar-refractivity contribution in [3.8, 4) is 0 Å². The molecule has 0 aliphatic carbocycles. The number of rotatable bonds is 2. The number of carbonyl (C=O) groups is 1. The summed E-state index contributed by atoms with van der Waals surface area (Å²) in [5, 5.41) is 0. The third-order valence-corrected chi connectivity index (χ3v) is 4.48. The minimum Gasteiger partial charge on any atom is -0.343 e. The maximum Gasteiger partial charge on any atom is 0.270 e. The SMILES string of the molecule is CCn1cc(Br)cc1C(=O)N1CCCC(C)(C)CC1. The lowest BCUT2D eigenvalue weighted by Gasteiger charge is -2.23. The summed E-state index contributed by atoms with van der Waals surface area (Å²) in [6.45, 7) is 9.24. The van der Waals surface area contributed by atoms with Gasteiger partial charge in [-0.1, -0.05) is 13.8 Å². The van der Waals surface area contributed by atoms with Crippen molar-refractivity contribution < 1.29 is 4.79 Å². The predicted octanol–water partition coefficient (Wildman–Crippen LogP) is 3.92. The molecule has 2 heterocycles. The van der Waals surface area contributed by atoms with E-state index in [1.165, 1.54) is 6.42 Å². The fourth-order valence-corrected chi connectivity index (χ4v) is 3.17. The normalized spacial score (nSPS) is 19.3. The maximum atomic E-state index is 12.6. The number of amides is 1. The summed E-state index contributed by atoms with van der Waals surface area (Å²) < 4.78 is 3.00. The summed E-state index contributed by atoms with van der Waals surface area (Å²) >= 11 is 3.46. The molecule has 1 fully saturated rings. The van der Waals surface area contributed by atoms with Crippen LogP contribution in [0, 0.1) is 5.41 Å². The largest absolute Gasteiger partial charge is 0.343 e. The van der Waals surface area contributed by atoms with Crippen LogP contribution in [0.25, 0.3) is 0 Å². The number of hydrogen-bond acceptors (Lipinski definition) is 1. The monoisotopic (exact) mass is 326 g/mol. The van der Waals surface area contributed by atoms with E-state index < -0.39 is 0 Å². The van der Waals surface area contributed by atoms with E-state index in [0.717, 1.165) is 42.6 Å². The number of halogens is 1. The Balaban J connectivity index is 2.15. The van der Waals surface area contributed by atoms with Crippen LogP contribution in [0.2, 0.25) is 0 Å². The Kier molecular flexibility index (Phi) is 4.39. The Labute approximate surface area is 124 Å². The van der Waals surface area contributed by atoms with Crippen molar-refractivity contribution in [2.24, 2.45) is 5.41 Å². The quantitative estimate of drug-likeness (QED) is 0.808. The average Bonchev–Trinajstić information content (AvgIpc) is 2.63. The van der Waals surface area contributed by atoms with Gasteiger partial charge < -0.3 is 9.47 Å². The van der Waals surface area contributed by atoms with E-state index >= 15 is 0 Å². The molecule has 0 N–H and O–H groups in total. The molecule has 0 atom stereocenters. The molecule has 1 amide bonds. The fraction of sp³-hybridized carbons (Fsp3) is 0.667. The number of aromatic nitrogens is 1. The molecule has 0 spiro atoms. The lowest BCUT2D eigenvalue weighted by atomic mass is 9.85. The zero-order valence-electron chi connectivity index (χ0n) is 12.1. The molecule has 0 bridgehead atoms. The molecule has 1 aliphatic heterocycles.